The first-order chi connectivity index (χ1) is 15.9. The lowest BCUT2D eigenvalue weighted by atomic mass is 9.97. The normalized spacial score (nSPS) is 13.5. The van der Waals surface area contributed by atoms with Gasteiger partial charge in [0, 0.05) is 34.6 Å². The summed E-state index contributed by atoms with van der Waals surface area (Å²) in [5.74, 6) is -0.181. The second-order valence-electron chi connectivity index (χ2n) is 7.54. The summed E-state index contributed by atoms with van der Waals surface area (Å²) < 4.78 is 42.1. The quantitative estimate of drug-likeness (QED) is 0.400. The van der Waals surface area contributed by atoms with E-state index in [1.807, 2.05) is 18.2 Å². The smallest absolute Gasteiger partial charge is 0.348 e. The molecule has 0 saturated carbocycles. The highest BCUT2D eigenvalue weighted by Gasteiger charge is 2.36. The SMILES string of the molecule is O=C1NCc2ccc(-c3cc4cn[nH]c4cc3-n3nc(C(F)(F)F)cc3-c3nccs3)cc21. The number of alkyl halides is 3. The van der Waals surface area contributed by atoms with Crippen molar-refractivity contribution in [3.05, 3.63) is 71.0 Å². The summed E-state index contributed by atoms with van der Waals surface area (Å²) in [6, 6.07) is 9.97. The number of hydrogen-bond acceptors (Lipinski definition) is 5. The van der Waals surface area contributed by atoms with Gasteiger partial charge in [-0.15, -0.1) is 11.3 Å². The standard InChI is InChI=1S/C22H13F3N6OS/c23-22(24,25)19-8-18(21-26-3-4-33-21)31(30-19)17-7-16-13(10-28-29-16)6-14(17)11-1-2-12-9-27-20(32)15(12)5-11/h1-8,10H,9H2,(H,27,32)(H,28,29). The van der Waals surface area contributed by atoms with Gasteiger partial charge in [0.15, 0.2) is 5.69 Å². The van der Waals surface area contributed by atoms with Gasteiger partial charge in [-0.05, 0) is 35.4 Å². The molecule has 164 valence electrons. The second-order valence-corrected chi connectivity index (χ2v) is 8.44. The summed E-state index contributed by atoms with van der Waals surface area (Å²) in [6.07, 6.45) is -1.46. The van der Waals surface area contributed by atoms with Crippen molar-refractivity contribution in [2.75, 3.05) is 0 Å². The first-order valence-corrected chi connectivity index (χ1v) is 10.7. The molecule has 2 N–H and O–H groups in total. The Bertz CT molecular complexity index is 1530. The van der Waals surface area contributed by atoms with Gasteiger partial charge in [0.2, 0.25) is 0 Å². The van der Waals surface area contributed by atoms with Crippen LogP contribution in [-0.4, -0.2) is 30.9 Å². The Labute approximate surface area is 187 Å². The van der Waals surface area contributed by atoms with E-state index in [1.54, 1.807) is 23.7 Å². The van der Waals surface area contributed by atoms with E-state index in [2.05, 4.69) is 25.6 Å². The number of fused-ring (bicyclic) bond motifs is 2. The molecule has 7 nitrogen and oxygen atoms in total. The third kappa shape index (κ3) is 3.20. The van der Waals surface area contributed by atoms with E-state index in [-0.39, 0.29) is 11.6 Å². The summed E-state index contributed by atoms with van der Waals surface area (Å²) in [7, 11) is 0. The van der Waals surface area contributed by atoms with Crippen LogP contribution in [0.15, 0.2) is 54.2 Å². The molecule has 11 heteroatoms. The highest BCUT2D eigenvalue weighted by atomic mass is 32.1. The third-order valence-corrected chi connectivity index (χ3v) is 6.34. The van der Waals surface area contributed by atoms with E-state index >= 15 is 0 Å². The highest BCUT2D eigenvalue weighted by Crippen LogP contribution is 2.38. The topological polar surface area (TPSA) is 88.5 Å². The molecule has 0 atom stereocenters. The molecule has 33 heavy (non-hydrogen) atoms. The Kier molecular flexibility index (Phi) is 4.18. The molecule has 4 heterocycles. The lowest BCUT2D eigenvalue weighted by Gasteiger charge is -2.14. The molecule has 0 spiro atoms. The van der Waals surface area contributed by atoms with Crippen molar-refractivity contribution in [3.63, 3.8) is 0 Å². The van der Waals surface area contributed by atoms with E-state index in [0.29, 0.717) is 39.4 Å². The fraction of sp³-hybridized carbons (Fsp3) is 0.0909. The largest absolute Gasteiger partial charge is 0.435 e. The zero-order chi connectivity index (χ0) is 22.7. The van der Waals surface area contributed by atoms with Crippen LogP contribution in [0.1, 0.15) is 21.6 Å². The molecule has 0 radical (unpaired) electrons. The molecule has 5 aromatic rings. The molecule has 0 aliphatic carbocycles. The maximum atomic E-state index is 13.6. The van der Waals surface area contributed by atoms with Crippen molar-refractivity contribution in [2.45, 2.75) is 12.7 Å². The minimum Gasteiger partial charge on any atom is -0.348 e. The lowest BCUT2D eigenvalue weighted by molar-refractivity contribution is -0.141. The van der Waals surface area contributed by atoms with Gasteiger partial charge in [-0.3, -0.25) is 9.89 Å². The van der Waals surface area contributed by atoms with Gasteiger partial charge in [-0.2, -0.15) is 23.4 Å². The number of amides is 1. The second kappa shape index (κ2) is 7.01. The number of nitrogens with zero attached hydrogens (tertiary/aromatic N) is 4. The number of hydrogen-bond donors (Lipinski definition) is 2. The number of rotatable bonds is 3. The minimum atomic E-state index is -4.62. The van der Waals surface area contributed by atoms with Crippen molar-refractivity contribution in [1.82, 2.24) is 30.3 Å². The Hall–Kier alpha value is -3.99. The Morgan fingerprint density at radius 3 is 2.76 bits per heavy atom. The predicted octanol–water partition coefficient (Wildman–Crippen LogP) is 4.80. The zero-order valence-corrected chi connectivity index (χ0v) is 17.5. The average molecular weight is 466 g/mol. The lowest BCUT2D eigenvalue weighted by Crippen LogP contribution is -2.12. The molecular weight excluding hydrogens is 453 g/mol. The third-order valence-electron chi connectivity index (χ3n) is 5.54. The van der Waals surface area contributed by atoms with E-state index in [4.69, 9.17) is 0 Å². The van der Waals surface area contributed by atoms with Gasteiger partial charge >= 0.3 is 6.18 Å². The van der Waals surface area contributed by atoms with Crippen LogP contribution >= 0.6 is 11.3 Å². The van der Waals surface area contributed by atoms with Crippen LogP contribution in [0.3, 0.4) is 0 Å². The molecule has 3 aromatic heterocycles. The molecule has 1 amide bonds. The Morgan fingerprint density at radius 2 is 1.97 bits per heavy atom. The van der Waals surface area contributed by atoms with E-state index in [0.717, 1.165) is 17.0 Å². The maximum Gasteiger partial charge on any atom is 0.435 e. The van der Waals surface area contributed by atoms with E-state index in [1.165, 1.54) is 22.2 Å². The summed E-state index contributed by atoms with van der Waals surface area (Å²) in [5.41, 5.74) is 2.96. The van der Waals surface area contributed by atoms with Crippen molar-refractivity contribution in [3.8, 4) is 27.5 Å². The number of H-pyrrole nitrogens is 1. The van der Waals surface area contributed by atoms with Crippen LogP contribution in [0, 0.1) is 0 Å². The maximum absolute atomic E-state index is 13.6. The fourth-order valence-electron chi connectivity index (χ4n) is 3.97. The summed E-state index contributed by atoms with van der Waals surface area (Å²) in [6.45, 7) is 0.449. The number of nitrogens with one attached hydrogen (secondary N) is 2. The van der Waals surface area contributed by atoms with E-state index < -0.39 is 11.9 Å². The van der Waals surface area contributed by atoms with Crippen molar-refractivity contribution < 1.29 is 18.0 Å². The highest BCUT2D eigenvalue weighted by molar-refractivity contribution is 7.13. The first-order valence-electron chi connectivity index (χ1n) is 9.84. The molecule has 0 bridgehead atoms. The number of thiazole rings is 1. The fourth-order valence-corrected chi connectivity index (χ4v) is 4.61. The van der Waals surface area contributed by atoms with Crippen LogP contribution in [0.4, 0.5) is 13.2 Å². The van der Waals surface area contributed by atoms with Gasteiger partial charge in [0.1, 0.15) is 10.7 Å². The molecular formula is C22H13F3N6OS. The molecule has 1 aliphatic heterocycles. The number of carbonyl (C=O) groups excluding carboxylic acids is 1. The van der Waals surface area contributed by atoms with Crippen molar-refractivity contribution >= 4 is 28.1 Å². The van der Waals surface area contributed by atoms with Gasteiger partial charge in [0.05, 0.1) is 17.4 Å². The molecule has 2 aromatic carbocycles. The van der Waals surface area contributed by atoms with Crippen LogP contribution in [0.25, 0.3) is 38.4 Å². The summed E-state index contributed by atoms with van der Waals surface area (Å²) in [4.78, 5) is 16.4. The number of aromatic amines is 1. The van der Waals surface area contributed by atoms with Crippen LogP contribution in [-0.2, 0) is 12.7 Å². The minimum absolute atomic E-state index is 0.181. The van der Waals surface area contributed by atoms with Gasteiger partial charge in [0.25, 0.3) is 5.91 Å². The van der Waals surface area contributed by atoms with Gasteiger partial charge < -0.3 is 5.32 Å². The number of benzene rings is 2. The number of aromatic nitrogens is 5. The number of carbonyl (C=O) groups is 1. The summed E-state index contributed by atoms with van der Waals surface area (Å²) in [5, 5.41) is 16.5. The Balaban J connectivity index is 1.64. The predicted molar refractivity (Wildman–Crippen MR) is 116 cm³/mol. The van der Waals surface area contributed by atoms with Gasteiger partial charge in [-0.1, -0.05) is 12.1 Å². The van der Waals surface area contributed by atoms with E-state index in [9.17, 15) is 18.0 Å². The Morgan fingerprint density at radius 1 is 1.09 bits per heavy atom. The summed E-state index contributed by atoms with van der Waals surface area (Å²) >= 11 is 1.22. The average Bonchev–Trinajstić information content (AvgIpc) is 3.57. The van der Waals surface area contributed by atoms with Crippen molar-refractivity contribution in [2.24, 2.45) is 0 Å². The van der Waals surface area contributed by atoms with Gasteiger partial charge in [-0.25, -0.2) is 9.67 Å². The zero-order valence-electron chi connectivity index (χ0n) is 16.6. The monoisotopic (exact) mass is 466 g/mol. The molecule has 0 saturated heterocycles. The molecule has 6 rings (SSSR count). The van der Waals surface area contributed by atoms with Crippen LogP contribution in [0.2, 0.25) is 0 Å². The van der Waals surface area contributed by atoms with Crippen LogP contribution in [0.5, 0.6) is 0 Å². The molecule has 0 fully saturated rings. The van der Waals surface area contributed by atoms with Crippen LogP contribution < -0.4 is 5.32 Å². The first kappa shape index (κ1) is 19.7. The molecule has 0 unspecified atom stereocenters. The number of halogens is 3. The molecule has 1 aliphatic rings. The van der Waals surface area contributed by atoms with Crippen molar-refractivity contribution in [1.29, 1.82) is 0 Å².